The third-order valence-electron chi connectivity index (χ3n) is 4.10. The number of rotatable bonds is 3. The van der Waals surface area contributed by atoms with Crippen LogP contribution in [-0.2, 0) is 6.42 Å². The van der Waals surface area contributed by atoms with Crippen LogP contribution in [0.25, 0.3) is 0 Å². The van der Waals surface area contributed by atoms with Gasteiger partial charge >= 0.3 is 0 Å². The highest BCUT2D eigenvalue weighted by Gasteiger charge is 2.23. The Balaban J connectivity index is 1.77. The first-order valence-corrected chi connectivity index (χ1v) is 7.22. The van der Waals surface area contributed by atoms with E-state index in [2.05, 4.69) is 23.5 Å². The summed E-state index contributed by atoms with van der Waals surface area (Å²) in [4.78, 5) is 12.4. The summed E-state index contributed by atoms with van der Waals surface area (Å²) in [5.74, 6) is 0.778. The fraction of sp³-hybridized carbons (Fsp3) is 0.278. The Hall–Kier alpha value is -2.29. The maximum atomic E-state index is 12.4. The molecule has 3 nitrogen and oxygen atoms in total. The quantitative estimate of drug-likeness (QED) is 0.936. The summed E-state index contributed by atoms with van der Waals surface area (Å²) < 4.78 is 5.23. The van der Waals surface area contributed by atoms with E-state index in [1.165, 1.54) is 11.1 Å². The fourth-order valence-corrected chi connectivity index (χ4v) is 2.97. The van der Waals surface area contributed by atoms with Gasteiger partial charge in [-0.05, 0) is 54.7 Å². The van der Waals surface area contributed by atoms with E-state index in [1.54, 1.807) is 7.11 Å². The summed E-state index contributed by atoms with van der Waals surface area (Å²) in [6.07, 6.45) is 2.00. The van der Waals surface area contributed by atoms with Crippen LogP contribution in [-0.4, -0.2) is 13.0 Å². The highest BCUT2D eigenvalue weighted by molar-refractivity contribution is 5.95. The average molecular weight is 281 g/mol. The molecular formula is C18H19NO2. The zero-order valence-electron chi connectivity index (χ0n) is 12.3. The van der Waals surface area contributed by atoms with Crippen LogP contribution in [0.3, 0.4) is 0 Å². The van der Waals surface area contributed by atoms with Gasteiger partial charge in [-0.1, -0.05) is 24.3 Å². The van der Waals surface area contributed by atoms with Gasteiger partial charge in [-0.3, -0.25) is 4.79 Å². The number of hydrogen-bond donors (Lipinski definition) is 1. The van der Waals surface area contributed by atoms with E-state index in [0.717, 1.165) is 24.2 Å². The molecule has 0 unspecified atom stereocenters. The minimum absolute atomic E-state index is 0.0255. The van der Waals surface area contributed by atoms with Gasteiger partial charge in [0, 0.05) is 5.56 Å². The number of benzene rings is 2. The molecule has 0 saturated heterocycles. The van der Waals surface area contributed by atoms with Crippen molar-refractivity contribution in [2.45, 2.75) is 25.8 Å². The van der Waals surface area contributed by atoms with E-state index < -0.39 is 0 Å². The summed E-state index contributed by atoms with van der Waals surface area (Å²) in [6, 6.07) is 14.0. The second-order valence-corrected chi connectivity index (χ2v) is 5.45. The number of fused-ring (bicyclic) bond motifs is 1. The van der Waals surface area contributed by atoms with Gasteiger partial charge in [0.05, 0.1) is 13.2 Å². The van der Waals surface area contributed by atoms with Crippen molar-refractivity contribution in [1.82, 2.24) is 5.32 Å². The first-order valence-electron chi connectivity index (χ1n) is 7.22. The molecule has 0 radical (unpaired) electrons. The van der Waals surface area contributed by atoms with Gasteiger partial charge in [-0.25, -0.2) is 0 Å². The highest BCUT2D eigenvalue weighted by atomic mass is 16.5. The Morgan fingerprint density at radius 3 is 2.81 bits per heavy atom. The highest BCUT2D eigenvalue weighted by Crippen LogP contribution is 2.31. The van der Waals surface area contributed by atoms with Gasteiger partial charge in [0.1, 0.15) is 5.75 Å². The monoisotopic (exact) mass is 281 g/mol. The molecule has 108 valence electrons. The number of carbonyl (C=O) groups is 1. The van der Waals surface area contributed by atoms with E-state index >= 15 is 0 Å². The second-order valence-electron chi connectivity index (χ2n) is 5.45. The summed E-state index contributed by atoms with van der Waals surface area (Å²) in [6.45, 7) is 1.94. The third kappa shape index (κ3) is 2.64. The number of nitrogens with one attached hydrogen (secondary N) is 1. The lowest BCUT2D eigenvalue weighted by Gasteiger charge is -2.15. The molecule has 0 aromatic heterocycles. The summed E-state index contributed by atoms with van der Waals surface area (Å²) in [5, 5.41) is 3.14. The SMILES string of the molecule is COc1ccc(C(=O)N[C@H]2CCc3ccccc32)cc1C. The van der Waals surface area contributed by atoms with Gasteiger partial charge in [-0.15, -0.1) is 0 Å². The van der Waals surface area contributed by atoms with Crippen LogP contribution < -0.4 is 10.1 Å². The van der Waals surface area contributed by atoms with Gasteiger partial charge in [0.2, 0.25) is 0 Å². The Kier molecular flexibility index (Phi) is 3.65. The Labute approximate surface area is 124 Å². The zero-order valence-corrected chi connectivity index (χ0v) is 12.3. The van der Waals surface area contributed by atoms with Crippen molar-refractivity contribution in [3.05, 3.63) is 64.7 Å². The number of amides is 1. The normalized spacial score (nSPS) is 16.4. The van der Waals surface area contributed by atoms with Crippen molar-refractivity contribution in [2.75, 3.05) is 7.11 Å². The number of aryl methyl sites for hydroxylation is 2. The van der Waals surface area contributed by atoms with Gasteiger partial charge in [-0.2, -0.15) is 0 Å². The van der Waals surface area contributed by atoms with Crippen molar-refractivity contribution < 1.29 is 9.53 Å². The van der Waals surface area contributed by atoms with Crippen molar-refractivity contribution in [3.63, 3.8) is 0 Å². The molecule has 3 heteroatoms. The first kappa shape index (κ1) is 13.7. The van der Waals surface area contributed by atoms with Crippen LogP contribution in [0.15, 0.2) is 42.5 Å². The minimum atomic E-state index is -0.0255. The molecule has 1 atom stereocenters. The lowest BCUT2D eigenvalue weighted by Crippen LogP contribution is -2.27. The average Bonchev–Trinajstić information content (AvgIpc) is 2.90. The summed E-state index contributed by atoms with van der Waals surface area (Å²) in [5.41, 5.74) is 4.24. The number of hydrogen-bond acceptors (Lipinski definition) is 2. The number of carbonyl (C=O) groups excluding carboxylic acids is 1. The van der Waals surface area contributed by atoms with Gasteiger partial charge in [0.15, 0.2) is 0 Å². The zero-order chi connectivity index (χ0) is 14.8. The fourth-order valence-electron chi connectivity index (χ4n) is 2.97. The van der Waals surface area contributed by atoms with E-state index in [4.69, 9.17) is 4.74 Å². The number of ether oxygens (including phenoxy) is 1. The second kappa shape index (κ2) is 5.60. The van der Waals surface area contributed by atoms with Gasteiger partial charge < -0.3 is 10.1 Å². The topological polar surface area (TPSA) is 38.3 Å². The molecule has 0 heterocycles. The summed E-state index contributed by atoms with van der Waals surface area (Å²) >= 11 is 0. The van der Waals surface area contributed by atoms with Crippen LogP contribution in [0.4, 0.5) is 0 Å². The largest absolute Gasteiger partial charge is 0.496 e. The third-order valence-corrected chi connectivity index (χ3v) is 4.10. The molecule has 1 amide bonds. The molecule has 2 aromatic rings. The maximum Gasteiger partial charge on any atom is 0.251 e. The number of methoxy groups -OCH3 is 1. The standard InChI is InChI=1S/C18H19NO2/c1-12-11-14(8-10-17(12)21-2)18(20)19-16-9-7-13-5-3-4-6-15(13)16/h3-6,8,10-11,16H,7,9H2,1-2H3,(H,19,20)/t16-/m0/s1. The molecule has 0 bridgehead atoms. The van der Waals surface area contributed by atoms with Crippen LogP contribution in [0.2, 0.25) is 0 Å². The van der Waals surface area contributed by atoms with Crippen molar-refractivity contribution in [1.29, 1.82) is 0 Å². The van der Waals surface area contributed by atoms with Crippen LogP contribution in [0.5, 0.6) is 5.75 Å². The Morgan fingerprint density at radius 2 is 2.05 bits per heavy atom. The van der Waals surface area contributed by atoms with Crippen molar-refractivity contribution in [3.8, 4) is 5.75 Å². The lowest BCUT2D eigenvalue weighted by atomic mass is 10.1. The van der Waals surface area contributed by atoms with E-state index in [0.29, 0.717) is 5.56 Å². The Bertz CT molecular complexity index is 679. The first-order chi connectivity index (χ1) is 10.2. The molecule has 1 aliphatic carbocycles. The predicted octanol–water partition coefficient (Wildman–Crippen LogP) is 3.42. The van der Waals surface area contributed by atoms with Crippen LogP contribution >= 0.6 is 0 Å². The van der Waals surface area contributed by atoms with Crippen LogP contribution in [0.1, 0.15) is 39.5 Å². The summed E-state index contributed by atoms with van der Waals surface area (Å²) in [7, 11) is 1.64. The molecule has 0 spiro atoms. The van der Waals surface area contributed by atoms with Crippen molar-refractivity contribution in [2.24, 2.45) is 0 Å². The molecule has 0 fully saturated rings. The van der Waals surface area contributed by atoms with E-state index in [1.807, 2.05) is 31.2 Å². The molecule has 3 rings (SSSR count). The molecule has 21 heavy (non-hydrogen) atoms. The van der Waals surface area contributed by atoms with E-state index in [-0.39, 0.29) is 11.9 Å². The molecule has 1 aliphatic rings. The lowest BCUT2D eigenvalue weighted by molar-refractivity contribution is 0.0936. The Morgan fingerprint density at radius 1 is 1.24 bits per heavy atom. The molecule has 1 N–H and O–H groups in total. The molecule has 2 aromatic carbocycles. The maximum absolute atomic E-state index is 12.4. The van der Waals surface area contributed by atoms with Gasteiger partial charge in [0.25, 0.3) is 5.91 Å². The minimum Gasteiger partial charge on any atom is -0.496 e. The molecule has 0 aliphatic heterocycles. The van der Waals surface area contributed by atoms with Crippen LogP contribution in [0, 0.1) is 6.92 Å². The predicted molar refractivity (Wildman–Crippen MR) is 82.7 cm³/mol. The van der Waals surface area contributed by atoms with Crippen molar-refractivity contribution >= 4 is 5.91 Å². The van der Waals surface area contributed by atoms with E-state index in [9.17, 15) is 4.79 Å². The molecular weight excluding hydrogens is 262 g/mol. The molecule has 0 saturated carbocycles. The smallest absolute Gasteiger partial charge is 0.251 e.